The van der Waals surface area contributed by atoms with Crippen molar-refractivity contribution >= 4 is 33.1 Å². The molecule has 5 nitrogen and oxygen atoms in total. The Morgan fingerprint density at radius 3 is 2.61 bits per heavy atom. The van der Waals surface area contributed by atoms with E-state index in [0.29, 0.717) is 22.8 Å². The van der Waals surface area contributed by atoms with Crippen LogP contribution in [0.5, 0.6) is 0 Å². The van der Waals surface area contributed by atoms with Gasteiger partial charge in [-0.3, -0.25) is 0 Å². The van der Waals surface area contributed by atoms with Gasteiger partial charge in [0, 0.05) is 12.8 Å². The lowest BCUT2D eigenvalue weighted by molar-refractivity contribution is 0.0600. The second-order valence-electron chi connectivity index (χ2n) is 4.96. The first kappa shape index (κ1) is 17.3. The zero-order valence-corrected chi connectivity index (χ0v) is 14.2. The molecule has 2 aromatic carbocycles. The Balaban J connectivity index is 2.20. The maximum Gasteiger partial charge on any atom is 0.337 e. The minimum absolute atomic E-state index is 0.188. The summed E-state index contributed by atoms with van der Waals surface area (Å²) in [5.74, 6) is -0.413. The van der Waals surface area contributed by atoms with Crippen LogP contribution in [0.15, 0.2) is 47.4 Å². The van der Waals surface area contributed by atoms with E-state index in [1.54, 1.807) is 18.2 Å². The molecule has 0 bridgehead atoms. The first-order valence-electron chi connectivity index (χ1n) is 6.72. The van der Waals surface area contributed by atoms with Crippen LogP contribution in [0, 0.1) is 0 Å². The molecule has 23 heavy (non-hydrogen) atoms. The Kier molecular flexibility index (Phi) is 5.28. The molecule has 0 aliphatic carbocycles. The fourth-order valence-corrected chi connectivity index (χ4v) is 2.83. The second-order valence-corrected chi connectivity index (χ2v) is 7.38. The molecule has 0 atom stereocenters. The molecule has 0 heterocycles. The summed E-state index contributed by atoms with van der Waals surface area (Å²) in [6, 6.07) is 11.4. The van der Waals surface area contributed by atoms with Crippen molar-refractivity contribution in [2.45, 2.75) is 11.4 Å². The molecule has 0 spiro atoms. The molecule has 0 aliphatic heterocycles. The van der Waals surface area contributed by atoms with E-state index in [-0.39, 0.29) is 4.90 Å². The fraction of sp³-hybridized carbons (Fsp3) is 0.188. The third-order valence-electron chi connectivity index (χ3n) is 3.20. The van der Waals surface area contributed by atoms with Crippen LogP contribution in [-0.4, -0.2) is 27.8 Å². The highest BCUT2D eigenvalue weighted by Gasteiger charge is 2.11. The molecule has 0 radical (unpaired) electrons. The molecule has 0 amide bonds. The molecular weight excluding hydrogens is 338 g/mol. The van der Waals surface area contributed by atoms with Gasteiger partial charge in [0.05, 0.1) is 28.3 Å². The maximum absolute atomic E-state index is 11.6. The Morgan fingerprint density at radius 2 is 1.96 bits per heavy atom. The van der Waals surface area contributed by atoms with Crippen LogP contribution in [0.3, 0.4) is 0 Å². The van der Waals surface area contributed by atoms with Crippen LogP contribution < -0.4 is 5.32 Å². The highest BCUT2D eigenvalue weighted by molar-refractivity contribution is 7.90. The molecule has 122 valence electrons. The highest BCUT2D eigenvalue weighted by atomic mass is 35.5. The fourth-order valence-electron chi connectivity index (χ4n) is 1.99. The predicted octanol–water partition coefficient (Wildman–Crippen LogP) is 3.14. The summed E-state index contributed by atoms with van der Waals surface area (Å²) in [4.78, 5) is 11.7. The number of halogens is 1. The first-order chi connectivity index (χ1) is 10.8. The minimum atomic E-state index is -3.31. The zero-order valence-electron chi connectivity index (χ0n) is 12.7. The monoisotopic (exact) mass is 353 g/mol. The van der Waals surface area contributed by atoms with Gasteiger partial charge in [-0.1, -0.05) is 23.7 Å². The Hall–Kier alpha value is -2.05. The van der Waals surface area contributed by atoms with Crippen LogP contribution >= 0.6 is 11.6 Å². The lowest BCUT2D eigenvalue weighted by Gasteiger charge is -2.11. The summed E-state index contributed by atoms with van der Waals surface area (Å²) >= 11 is 6.09. The number of hydrogen-bond acceptors (Lipinski definition) is 5. The second kappa shape index (κ2) is 7.02. The molecule has 0 aromatic heterocycles. The van der Waals surface area contributed by atoms with Crippen LogP contribution in [0.1, 0.15) is 15.9 Å². The standard InChI is InChI=1S/C16H16ClNO4S/c1-22-16(19)12-5-3-4-11(8-12)10-18-15-9-13(23(2,20)21)6-7-14(15)17/h3-9,18H,10H2,1-2H3. The van der Waals surface area contributed by atoms with Crippen molar-refractivity contribution in [3.05, 3.63) is 58.6 Å². The summed E-state index contributed by atoms with van der Waals surface area (Å²) in [7, 11) is -1.98. The number of carbonyl (C=O) groups excluding carboxylic acids is 1. The molecule has 7 heteroatoms. The van der Waals surface area contributed by atoms with E-state index in [0.717, 1.165) is 11.8 Å². The number of ether oxygens (including phenoxy) is 1. The summed E-state index contributed by atoms with van der Waals surface area (Å²) in [5.41, 5.74) is 1.80. The summed E-state index contributed by atoms with van der Waals surface area (Å²) < 4.78 is 27.9. The van der Waals surface area contributed by atoms with Gasteiger partial charge in [0.1, 0.15) is 0 Å². The van der Waals surface area contributed by atoms with Gasteiger partial charge >= 0.3 is 5.97 Å². The SMILES string of the molecule is COC(=O)c1cccc(CNc2cc(S(C)(=O)=O)ccc2Cl)c1. The number of hydrogen-bond donors (Lipinski definition) is 1. The molecule has 0 fully saturated rings. The number of methoxy groups -OCH3 is 1. The number of carbonyl (C=O) groups is 1. The first-order valence-corrected chi connectivity index (χ1v) is 8.99. The van der Waals surface area contributed by atoms with Gasteiger partial charge in [0.2, 0.25) is 0 Å². The molecule has 0 aliphatic rings. The van der Waals surface area contributed by atoms with Crippen molar-refractivity contribution in [1.29, 1.82) is 0 Å². The zero-order chi connectivity index (χ0) is 17.0. The maximum atomic E-state index is 11.6. The molecule has 0 unspecified atom stereocenters. The van der Waals surface area contributed by atoms with E-state index in [1.807, 2.05) is 6.07 Å². The predicted molar refractivity (Wildman–Crippen MR) is 89.7 cm³/mol. The van der Waals surface area contributed by atoms with Crippen LogP contribution in [0.2, 0.25) is 5.02 Å². The van der Waals surface area contributed by atoms with E-state index in [2.05, 4.69) is 10.1 Å². The van der Waals surface area contributed by atoms with E-state index in [4.69, 9.17) is 11.6 Å². The third-order valence-corrected chi connectivity index (χ3v) is 4.64. The summed E-state index contributed by atoms with van der Waals surface area (Å²) in [6.45, 7) is 0.387. The van der Waals surface area contributed by atoms with Gasteiger partial charge in [0.15, 0.2) is 9.84 Å². The molecule has 0 saturated carbocycles. The van der Waals surface area contributed by atoms with Crippen LogP contribution in [0.25, 0.3) is 0 Å². The number of benzene rings is 2. The van der Waals surface area contributed by atoms with Crippen molar-refractivity contribution in [2.75, 3.05) is 18.7 Å². The Bertz CT molecular complexity index is 834. The largest absolute Gasteiger partial charge is 0.465 e. The normalized spacial score (nSPS) is 11.1. The summed E-state index contributed by atoms with van der Waals surface area (Å²) in [5, 5.41) is 3.50. The Labute approximate surface area is 140 Å². The number of esters is 1. The van der Waals surface area contributed by atoms with Gasteiger partial charge in [-0.05, 0) is 35.9 Å². The van der Waals surface area contributed by atoms with Gasteiger partial charge in [-0.25, -0.2) is 13.2 Å². The molecule has 2 aromatic rings. The average molecular weight is 354 g/mol. The highest BCUT2D eigenvalue weighted by Crippen LogP contribution is 2.25. The lowest BCUT2D eigenvalue weighted by atomic mass is 10.1. The molecule has 1 N–H and O–H groups in total. The number of nitrogens with one attached hydrogen (secondary N) is 1. The summed E-state index contributed by atoms with van der Waals surface area (Å²) in [6.07, 6.45) is 1.14. The topological polar surface area (TPSA) is 72.5 Å². The minimum Gasteiger partial charge on any atom is -0.465 e. The van der Waals surface area contributed by atoms with Gasteiger partial charge in [-0.15, -0.1) is 0 Å². The van der Waals surface area contributed by atoms with Gasteiger partial charge < -0.3 is 10.1 Å². The van der Waals surface area contributed by atoms with Crippen molar-refractivity contribution < 1.29 is 17.9 Å². The van der Waals surface area contributed by atoms with E-state index >= 15 is 0 Å². The Morgan fingerprint density at radius 1 is 1.22 bits per heavy atom. The van der Waals surface area contributed by atoms with Gasteiger partial charge in [0.25, 0.3) is 0 Å². The van der Waals surface area contributed by atoms with E-state index < -0.39 is 15.8 Å². The van der Waals surface area contributed by atoms with E-state index in [9.17, 15) is 13.2 Å². The molecular formula is C16H16ClNO4S. The number of anilines is 1. The average Bonchev–Trinajstić information content (AvgIpc) is 2.52. The van der Waals surface area contributed by atoms with Crippen molar-refractivity contribution in [1.82, 2.24) is 0 Å². The van der Waals surface area contributed by atoms with Crippen molar-refractivity contribution in [3.63, 3.8) is 0 Å². The van der Waals surface area contributed by atoms with Crippen molar-refractivity contribution in [2.24, 2.45) is 0 Å². The lowest BCUT2D eigenvalue weighted by Crippen LogP contribution is -2.05. The number of sulfone groups is 1. The molecule has 0 saturated heterocycles. The third kappa shape index (κ3) is 4.46. The van der Waals surface area contributed by atoms with E-state index in [1.165, 1.54) is 25.3 Å². The number of rotatable bonds is 5. The smallest absolute Gasteiger partial charge is 0.337 e. The molecule has 2 rings (SSSR count). The van der Waals surface area contributed by atoms with Crippen LogP contribution in [0.4, 0.5) is 5.69 Å². The quantitative estimate of drug-likeness (QED) is 0.836. The van der Waals surface area contributed by atoms with Gasteiger partial charge in [-0.2, -0.15) is 0 Å². The van der Waals surface area contributed by atoms with Crippen molar-refractivity contribution in [3.8, 4) is 0 Å². The van der Waals surface area contributed by atoms with Crippen LogP contribution in [-0.2, 0) is 21.1 Å².